The van der Waals surface area contributed by atoms with E-state index in [2.05, 4.69) is 29.8 Å². The van der Waals surface area contributed by atoms with E-state index in [-0.39, 0.29) is 12.1 Å². The maximum atomic E-state index is 11.1. The lowest BCUT2D eigenvalue weighted by Gasteiger charge is -2.03. The first-order valence-corrected chi connectivity index (χ1v) is 4.01. The number of esters is 1. The van der Waals surface area contributed by atoms with Gasteiger partial charge in [0, 0.05) is 12.1 Å². The molecule has 0 unspecified atom stereocenters. The molecule has 1 N–H and O–H groups in total. The summed E-state index contributed by atoms with van der Waals surface area (Å²) in [7, 11) is 0. The highest BCUT2D eigenvalue weighted by molar-refractivity contribution is 5.95. The summed E-state index contributed by atoms with van der Waals surface area (Å²) in [5, 5.41) is 2.29. The number of alkyl carbamates (subject to hydrolysis) is 1. The van der Waals surface area contributed by atoms with Crippen LogP contribution < -0.4 is 5.32 Å². The second-order valence-electron chi connectivity index (χ2n) is 2.44. The lowest BCUT2D eigenvalue weighted by Crippen LogP contribution is -2.27. The molecule has 76 valence electrons. The molecule has 14 heavy (non-hydrogen) atoms. The number of nitrogens with one attached hydrogen (secondary N) is 1. The Balaban J connectivity index is 3.92. The van der Waals surface area contributed by atoms with Crippen molar-refractivity contribution in [3.63, 3.8) is 0 Å². The van der Waals surface area contributed by atoms with Crippen LogP contribution in [-0.4, -0.2) is 18.6 Å². The van der Waals surface area contributed by atoms with E-state index in [1.54, 1.807) is 0 Å². The molecule has 0 aromatic heterocycles. The molecule has 4 heteroatoms. The van der Waals surface area contributed by atoms with Gasteiger partial charge in [-0.25, -0.2) is 9.59 Å². The van der Waals surface area contributed by atoms with Crippen LogP contribution in [0.25, 0.3) is 0 Å². The van der Waals surface area contributed by atoms with Crippen molar-refractivity contribution in [3.05, 3.63) is 37.5 Å². The third kappa shape index (κ3) is 4.92. The highest BCUT2D eigenvalue weighted by atomic mass is 16.6. The maximum Gasteiger partial charge on any atom is 0.415 e. The fraction of sp³-hybridized carbons (Fsp3) is 0.200. The van der Waals surface area contributed by atoms with Crippen molar-refractivity contribution >= 4 is 12.1 Å². The topological polar surface area (TPSA) is 55.4 Å². The molecule has 0 saturated heterocycles. The molecule has 0 heterocycles. The smallest absolute Gasteiger partial charge is 0.373 e. The third-order valence-corrected chi connectivity index (χ3v) is 1.26. The van der Waals surface area contributed by atoms with Gasteiger partial charge in [-0.2, -0.15) is 0 Å². The zero-order valence-corrected chi connectivity index (χ0v) is 7.91. The SMILES string of the molecule is C=CCNC(=O)OC(=O)C(=C)CC=C. The standard InChI is InChI=1S/C10H13NO3/c1-4-6-8(3)9(12)14-10(13)11-7-5-2/h4-5H,1-3,6-7H2,(H,11,13). The first-order chi connectivity index (χ1) is 6.61. The second-order valence-corrected chi connectivity index (χ2v) is 2.44. The van der Waals surface area contributed by atoms with Crippen molar-refractivity contribution in [1.82, 2.24) is 5.32 Å². The van der Waals surface area contributed by atoms with Gasteiger partial charge in [0.05, 0.1) is 0 Å². The molecular weight excluding hydrogens is 182 g/mol. The second kappa shape index (κ2) is 6.65. The number of rotatable bonds is 5. The molecule has 4 nitrogen and oxygen atoms in total. The molecule has 0 fully saturated rings. The number of amides is 1. The highest BCUT2D eigenvalue weighted by Crippen LogP contribution is 2.01. The molecular formula is C10H13NO3. The Kier molecular flexibility index (Phi) is 5.78. The van der Waals surface area contributed by atoms with Crippen LogP contribution in [0.4, 0.5) is 4.79 Å². The Hall–Kier alpha value is -1.84. The van der Waals surface area contributed by atoms with Crippen LogP contribution in [-0.2, 0) is 9.53 Å². The Bertz CT molecular complexity index is 269. The van der Waals surface area contributed by atoms with Crippen molar-refractivity contribution in [2.75, 3.05) is 6.54 Å². The molecule has 0 bridgehead atoms. The molecule has 0 aliphatic heterocycles. The quantitative estimate of drug-likeness (QED) is 0.313. The van der Waals surface area contributed by atoms with E-state index in [9.17, 15) is 9.59 Å². The number of carbonyl (C=O) groups is 2. The Labute approximate surface area is 82.9 Å². The van der Waals surface area contributed by atoms with Crippen LogP contribution in [0, 0.1) is 0 Å². The molecule has 0 aliphatic rings. The van der Waals surface area contributed by atoms with Gasteiger partial charge in [-0.3, -0.25) is 0 Å². The minimum Gasteiger partial charge on any atom is -0.373 e. The van der Waals surface area contributed by atoms with E-state index in [0.717, 1.165) is 0 Å². The fourth-order valence-electron chi connectivity index (χ4n) is 0.606. The van der Waals surface area contributed by atoms with Crippen LogP contribution in [0.15, 0.2) is 37.5 Å². The van der Waals surface area contributed by atoms with E-state index in [4.69, 9.17) is 0 Å². The Morgan fingerprint density at radius 2 is 1.93 bits per heavy atom. The molecule has 0 aromatic carbocycles. The molecule has 0 aromatic rings. The van der Waals surface area contributed by atoms with Crippen LogP contribution in [0.3, 0.4) is 0 Å². The molecule has 0 radical (unpaired) electrons. The molecule has 1 amide bonds. The predicted octanol–water partition coefficient (Wildman–Crippen LogP) is 1.56. The summed E-state index contributed by atoms with van der Waals surface area (Å²) < 4.78 is 4.38. The largest absolute Gasteiger partial charge is 0.415 e. The van der Waals surface area contributed by atoms with Gasteiger partial charge in [-0.15, -0.1) is 13.2 Å². The summed E-state index contributed by atoms with van der Waals surface area (Å²) in [6.07, 6.45) is 2.48. The number of carbonyl (C=O) groups excluding carboxylic acids is 2. The summed E-state index contributed by atoms with van der Waals surface area (Å²) >= 11 is 0. The monoisotopic (exact) mass is 195 g/mol. The normalized spacial score (nSPS) is 8.57. The van der Waals surface area contributed by atoms with E-state index in [1.165, 1.54) is 12.2 Å². The molecule has 0 spiro atoms. The lowest BCUT2D eigenvalue weighted by atomic mass is 10.2. The van der Waals surface area contributed by atoms with Crippen LogP contribution in [0.1, 0.15) is 6.42 Å². The van der Waals surface area contributed by atoms with Gasteiger partial charge in [0.15, 0.2) is 0 Å². The number of allylic oxidation sites excluding steroid dienone is 1. The Morgan fingerprint density at radius 3 is 2.43 bits per heavy atom. The summed E-state index contributed by atoms with van der Waals surface area (Å²) in [6, 6.07) is 0. The third-order valence-electron chi connectivity index (χ3n) is 1.26. The van der Waals surface area contributed by atoms with Crippen molar-refractivity contribution in [1.29, 1.82) is 0 Å². The van der Waals surface area contributed by atoms with Gasteiger partial charge in [-0.05, 0) is 6.42 Å². The van der Waals surface area contributed by atoms with Crippen molar-refractivity contribution < 1.29 is 14.3 Å². The Morgan fingerprint density at radius 1 is 1.29 bits per heavy atom. The van der Waals surface area contributed by atoms with Crippen molar-refractivity contribution in [3.8, 4) is 0 Å². The van der Waals surface area contributed by atoms with Crippen molar-refractivity contribution in [2.45, 2.75) is 6.42 Å². The van der Waals surface area contributed by atoms with Gasteiger partial charge < -0.3 is 10.1 Å². The zero-order valence-electron chi connectivity index (χ0n) is 7.91. The van der Waals surface area contributed by atoms with Gasteiger partial charge in [0.25, 0.3) is 0 Å². The number of ether oxygens (including phenoxy) is 1. The minimum atomic E-state index is -0.805. The van der Waals surface area contributed by atoms with Crippen LogP contribution in [0.2, 0.25) is 0 Å². The van der Waals surface area contributed by atoms with Gasteiger partial charge in [0.1, 0.15) is 0 Å². The molecule has 0 aliphatic carbocycles. The van der Waals surface area contributed by atoms with Crippen LogP contribution in [0.5, 0.6) is 0 Å². The van der Waals surface area contributed by atoms with Gasteiger partial charge in [-0.1, -0.05) is 18.7 Å². The summed E-state index contributed by atoms with van der Waals surface area (Å²) in [5.74, 6) is -0.744. The van der Waals surface area contributed by atoms with E-state index < -0.39 is 12.1 Å². The van der Waals surface area contributed by atoms with E-state index in [1.807, 2.05) is 0 Å². The lowest BCUT2D eigenvalue weighted by molar-refractivity contribution is -0.133. The van der Waals surface area contributed by atoms with Gasteiger partial charge in [0.2, 0.25) is 0 Å². The average molecular weight is 195 g/mol. The summed E-state index contributed by atoms with van der Waals surface area (Å²) in [5.41, 5.74) is 0.189. The summed E-state index contributed by atoms with van der Waals surface area (Å²) in [4.78, 5) is 21.9. The van der Waals surface area contributed by atoms with E-state index >= 15 is 0 Å². The fourth-order valence-corrected chi connectivity index (χ4v) is 0.606. The van der Waals surface area contributed by atoms with Crippen molar-refractivity contribution in [2.24, 2.45) is 0 Å². The first kappa shape index (κ1) is 12.2. The van der Waals surface area contributed by atoms with Gasteiger partial charge >= 0.3 is 12.1 Å². The average Bonchev–Trinajstić information content (AvgIpc) is 2.15. The summed E-state index contributed by atoms with van der Waals surface area (Å²) in [6.45, 7) is 10.5. The molecule has 0 atom stereocenters. The van der Waals surface area contributed by atoms with Crippen LogP contribution >= 0.6 is 0 Å². The van der Waals surface area contributed by atoms with E-state index in [0.29, 0.717) is 6.42 Å². The zero-order chi connectivity index (χ0) is 11.0. The number of hydrogen-bond donors (Lipinski definition) is 1. The minimum absolute atomic E-state index is 0.189. The number of hydrogen-bond acceptors (Lipinski definition) is 3. The highest BCUT2D eigenvalue weighted by Gasteiger charge is 2.11. The molecule has 0 rings (SSSR count). The first-order valence-electron chi connectivity index (χ1n) is 4.01. The molecule has 0 saturated carbocycles. The predicted molar refractivity (Wildman–Crippen MR) is 53.6 cm³/mol. The maximum absolute atomic E-state index is 11.1.